The van der Waals surface area contributed by atoms with Crippen molar-refractivity contribution in [3.05, 3.63) is 34.3 Å². The standard InChI is InChI=1S/C16H16BrNO4/c1-22-15(21)16(9-18)13(20)7-4-11(8-19)14(16)10-2-5-12(17)6-3-10/h2-3,5-6,8,11,13-14,20H,4,7H2,1H3/t11-,13+,14-,16-/m0/s1. The van der Waals surface area contributed by atoms with Crippen LogP contribution in [0.5, 0.6) is 0 Å². The Morgan fingerprint density at radius 2 is 2.09 bits per heavy atom. The number of aldehydes is 1. The van der Waals surface area contributed by atoms with E-state index in [1.54, 1.807) is 24.3 Å². The molecule has 0 aromatic heterocycles. The van der Waals surface area contributed by atoms with Crippen LogP contribution in [0, 0.1) is 22.7 Å². The van der Waals surface area contributed by atoms with Crippen LogP contribution >= 0.6 is 15.9 Å². The zero-order valence-electron chi connectivity index (χ0n) is 12.0. The number of aliphatic hydroxyl groups is 1. The third kappa shape index (κ3) is 2.55. The van der Waals surface area contributed by atoms with Gasteiger partial charge in [0.15, 0.2) is 5.41 Å². The summed E-state index contributed by atoms with van der Waals surface area (Å²) in [6, 6.07) is 9.00. The quantitative estimate of drug-likeness (QED) is 0.655. The van der Waals surface area contributed by atoms with Gasteiger partial charge in [0, 0.05) is 16.3 Å². The van der Waals surface area contributed by atoms with Crippen LogP contribution in [0.2, 0.25) is 0 Å². The molecule has 1 fully saturated rings. The Hall–Kier alpha value is -1.71. The Kier molecular flexibility index (Phi) is 4.99. The number of nitriles is 1. The molecule has 4 atom stereocenters. The number of rotatable bonds is 3. The molecule has 0 bridgehead atoms. The normalized spacial score (nSPS) is 31.1. The zero-order chi connectivity index (χ0) is 16.3. The van der Waals surface area contributed by atoms with Gasteiger partial charge in [-0.05, 0) is 30.5 Å². The van der Waals surface area contributed by atoms with Gasteiger partial charge in [0.05, 0.1) is 19.3 Å². The Balaban J connectivity index is 2.63. The Bertz CT molecular complexity index is 610. The molecular weight excluding hydrogens is 350 g/mol. The average molecular weight is 366 g/mol. The summed E-state index contributed by atoms with van der Waals surface area (Å²) in [6.07, 6.45) is 0.216. The van der Waals surface area contributed by atoms with Crippen molar-refractivity contribution >= 4 is 28.2 Å². The maximum absolute atomic E-state index is 12.3. The first-order valence-electron chi connectivity index (χ1n) is 6.89. The number of benzene rings is 1. The highest BCUT2D eigenvalue weighted by atomic mass is 79.9. The van der Waals surface area contributed by atoms with Gasteiger partial charge in [-0.15, -0.1) is 0 Å². The van der Waals surface area contributed by atoms with Gasteiger partial charge in [0.1, 0.15) is 6.29 Å². The summed E-state index contributed by atoms with van der Waals surface area (Å²) in [4.78, 5) is 23.8. The van der Waals surface area contributed by atoms with E-state index in [0.717, 1.165) is 10.8 Å². The number of aliphatic hydroxyl groups excluding tert-OH is 1. The van der Waals surface area contributed by atoms with E-state index in [9.17, 15) is 20.0 Å². The summed E-state index contributed by atoms with van der Waals surface area (Å²) >= 11 is 3.33. The van der Waals surface area contributed by atoms with E-state index in [1.807, 2.05) is 6.07 Å². The number of ether oxygens (including phenoxy) is 1. The molecule has 1 saturated carbocycles. The molecular formula is C16H16BrNO4. The van der Waals surface area contributed by atoms with Crippen molar-refractivity contribution in [1.82, 2.24) is 0 Å². The van der Waals surface area contributed by atoms with E-state index in [1.165, 1.54) is 7.11 Å². The molecule has 5 nitrogen and oxygen atoms in total. The number of hydrogen-bond donors (Lipinski definition) is 1. The highest BCUT2D eigenvalue weighted by molar-refractivity contribution is 9.10. The summed E-state index contributed by atoms with van der Waals surface area (Å²) in [5.74, 6) is -2.07. The van der Waals surface area contributed by atoms with Gasteiger partial charge >= 0.3 is 5.97 Å². The summed E-state index contributed by atoms with van der Waals surface area (Å²) in [5.41, 5.74) is -1.11. The van der Waals surface area contributed by atoms with Crippen molar-refractivity contribution in [3.63, 3.8) is 0 Å². The smallest absolute Gasteiger partial charge is 0.329 e. The zero-order valence-corrected chi connectivity index (χ0v) is 13.6. The molecule has 1 aliphatic carbocycles. The first-order valence-corrected chi connectivity index (χ1v) is 7.69. The molecule has 0 saturated heterocycles. The topological polar surface area (TPSA) is 87.4 Å². The van der Waals surface area contributed by atoms with Crippen molar-refractivity contribution in [2.24, 2.45) is 11.3 Å². The highest BCUT2D eigenvalue weighted by Crippen LogP contribution is 2.50. The van der Waals surface area contributed by atoms with E-state index >= 15 is 0 Å². The molecule has 1 N–H and O–H groups in total. The number of nitrogens with zero attached hydrogens (tertiary/aromatic N) is 1. The lowest BCUT2D eigenvalue weighted by atomic mass is 9.58. The highest BCUT2D eigenvalue weighted by Gasteiger charge is 2.58. The van der Waals surface area contributed by atoms with Crippen LogP contribution in [-0.4, -0.2) is 30.6 Å². The Morgan fingerprint density at radius 3 is 2.59 bits per heavy atom. The van der Waals surface area contributed by atoms with Gasteiger partial charge in [-0.2, -0.15) is 5.26 Å². The minimum Gasteiger partial charge on any atom is -0.468 e. The third-order valence-corrected chi connectivity index (χ3v) is 4.86. The molecule has 0 amide bonds. The maximum Gasteiger partial charge on any atom is 0.329 e. The van der Waals surface area contributed by atoms with Crippen LogP contribution in [0.15, 0.2) is 28.7 Å². The second kappa shape index (κ2) is 6.59. The van der Waals surface area contributed by atoms with Crippen LogP contribution in [0.25, 0.3) is 0 Å². The maximum atomic E-state index is 12.3. The van der Waals surface area contributed by atoms with Gasteiger partial charge in [0.25, 0.3) is 0 Å². The monoisotopic (exact) mass is 365 g/mol. The summed E-state index contributed by atoms with van der Waals surface area (Å²) < 4.78 is 5.62. The molecule has 2 rings (SSSR count). The molecule has 0 unspecified atom stereocenters. The molecule has 1 aromatic carbocycles. The minimum absolute atomic E-state index is 0.207. The number of hydrogen-bond acceptors (Lipinski definition) is 5. The van der Waals surface area contributed by atoms with Crippen LogP contribution in [0.3, 0.4) is 0 Å². The number of esters is 1. The summed E-state index contributed by atoms with van der Waals surface area (Å²) in [6.45, 7) is 0. The van der Waals surface area contributed by atoms with Crippen molar-refractivity contribution in [3.8, 4) is 6.07 Å². The number of carbonyl (C=O) groups excluding carboxylic acids is 2. The fourth-order valence-electron chi connectivity index (χ4n) is 3.24. The lowest BCUT2D eigenvalue weighted by Gasteiger charge is -2.43. The molecule has 0 spiro atoms. The van der Waals surface area contributed by atoms with Crippen LogP contribution in [-0.2, 0) is 14.3 Å². The van der Waals surface area contributed by atoms with Gasteiger partial charge in [-0.25, -0.2) is 0 Å². The molecule has 6 heteroatoms. The van der Waals surface area contributed by atoms with Crippen LogP contribution in [0.4, 0.5) is 0 Å². The van der Waals surface area contributed by atoms with Gasteiger partial charge in [-0.1, -0.05) is 28.1 Å². The van der Waals surface area contributed by atoms with Crippen LogP contribution < -0.4 is 0 Å². The van der Waals surface area contributed by atoms with Crippen molar-refractivity contribution in [2.45, 2.75) is 24.9 Å². The van der Waals surface area contributed by atoms with Gasteiger partial charge in [0.2, 0.25) is 0 Å². The number of halogens is 1. The first-order chi connectivity index (χ1) is 10.5. The average Bonchev–Trinajstić information content (AvgIpc) is 2.55. The SMILES string of the molecule is COC(=O)[C@@]1(C#N)[C@H](O)CC[C@@H](C=O)[C@@H]1c1ccc(Br)cc1. The number of carbonyl (C=O) groups is 2. The largest absolute Gasteiger partial charge is 0.468 e. The lowest BCUT2D eigenvalue weighted by molar-refractivity contribution is -0.161. The molecule has 1 aromatic rings. The Labute approximate surface area is 137 Å². The molecule has 0 heterocycles. The summed E-state index contributed by atoms with van der Waals surface area (Å²) in [7, 11) is 1.18. The predicted octanol–water partition coefficient (Wildman–Crippen LogP) is 2.19. The lowest BCUT2D eigenvalue weighted by Crippen LogP contribution is -2.52. The second-order valence-corrected chi connectivity index (χ2v) is 6.31. The second-order valence-electron chi connectivity index (χ2n) is 5.39. The fourth-order valence-corrected chi connectivity index (χ4v) is 3.50. The van der Waals surface area contributed by atoms with E-state index in [0.29, 0.717) is 12.0 Å². The third-order valence-electron chi connectivity index (χ3n) is 4.33. The van der Waals surface area contributed by atoms with Gasteiger partial charge in [-0.3, -0.25) is 4.79 Å². The van der Waals surface area contributed by atoms with Crippen molar-refractivity contribution in [2.75, 3.05) is 7.11 Å². The van der Waals surface area contributed by atoms with Crippen molar-refractivity contribution < 1.29 is 19.4 Å². The van der Waals surface area contributed by atoms with Crippen molar-refractivity contribution in [1.29, 1.82) is 5.26 Å². The molecule has 116 valence electrons. The van der Waals surface area contributed by atoms with E-state index in [2.05, 4.69) is 15.9 Å². The predicted molar refractivity (Wildman–Crippen MR) is 81.7 cm³/mol. The van der Waals surface area contributed by atoms with Crippen LogP contribution in [0.1, 0.15) is 24.3 Å². The molecule has 0 aliphatic heterocycles. The Morgan fingerprint density at radius 1 is 1.45 bits per heavy atom. The first kappa shape index (κ1) is 16.7. The van der Waals surface area contributed by atoms with E-state index in [-0.39, 0.29) is 6.42 Å². The van der Waals surface area contributed by atoms with Gasteiger partial charge < -0.3 is 14.6 Å². The molecule has 0 radical (unpaired) electrons. The van der Waals surface area contributed by atoms with E-state index in [4.69, 9.17) is 4.74 Å². The molecule has 1 aliphatic rings. The number of methoxy groups -OCH3 is 1. The minimum atomic E-state index is -1.77. The molecule has 22 heavy (non-hydrogen) atoms. The van der Waals surface area contributed by atoms with E-state index < -0.39 is 29.3 Å². The summed E-state index contributed by atoms with van der Waals surface area (Å²) in [5, 5.41) is 20.0. The fraction of sp³-hybridized carbons (Fsp3) is 0.438.